The zero-order valence-corrected chi connectivity index (χ0v) is 12.6. The lowest BCUT2D eigenvalue weighted by Crippen LogP contribution is -2.40. The summed E-state index contributed by atoms with van der Waals surface area (Å²) in [6, 6.07) is 3.98. The van der Waals surface area contributed by atoms with E-state index in [2.05, 4.69) is 0 Å². The second-order valence-electron chi connectivity index (χ2n) is 4.56. The van der Waals surface area contributed by atoms with Crippen LogP contribution in [0.15, 0.2) is 23.1 Å². The van der Waals surface area contributed by atoms with Crippen molar-refractivity contribution in [2.75, 3.05) is 6.54 Å². The number of carbonyl (C=O) groups is 1. The van der Waals surface area contributed by atoms with Crippen molar-refractivity contribution < 1.29 is 23.2 Å². The molecule has 0 heterocycles. The highest BCUT2D eigenvalue weighted by Gasteiger charge is 2.33. The molecule has 22 heavy (non-hydrogen) atoms. The van der Waals surface area contributed by atoms with Crippen molar-refractivity contribution in [3.05, 3.63) is 33.9 Å². The number of nitriles is 1. The number of nitrogens with zero attached hydrogens (tertiary/aromatic N) is 3. The normalized spacial score (nSPS) is 11.4. The summed E-state index contributed by atoms with van der Waals surface area (Å²) >= 11 is 0. The number of sulfonamides is 1. The first kappa shape index (κ1) is 17.5. The van der Waals surface area contributed by atoms with Crippen LogP contribution in [0.2, 0.25) is 0 Å². The van der Waals surface area contributed by atoms with Gasteiger partial charge in [-0.05, 0) is 19.9 Å². The number of carboxylic acid groups (broad SMARTS) is 1. The first-order valence-corrected chi connectivity index (χ1v) is 7.48. The van der Waals surface area contributed by atoms with Crippen LogP contribution in [0, 0.1) is 21.4 Å². The monoisotopic (exact) mass is 327 g/mol. The van der Waals surface area contributed by atoms with Crippen LogP contribution in [0.5, 0.6) is 0 Å². The van der Waals surface area contributed by atoms with Gasteiger partial charge >= 0.3 is 5.97 Å². The minimum atomic E-state index is -4.37. The van der Waals surface area contributed by atoms with Crippen LogP contribution in [-0.4, -0.2) is 41.3 Å². The molecule has 1 aromatic rings. The van der Waals surface area contributed by atoms with Crippen LogP contribution in [0.3, 0.4) is 0 Å². The Kier molecular flexibility index (Phi) is 5.19. The number of nitro benzene ring substituents is 1. The summed E-state index contributed by atoms with van der Waals surface area (Å²) in [4.78, 5) is 20.3. The molecule has 0 saturated heterocycles. The molecule has 1 aromatic carbocycles. The summed E-state index contributed by atoms with van der Waals surface area (Å²) in [5.74, 6) is -1.37. The predicted molar refractivity (Wildman–Crippen MR) is 74.5 cm³/mol. The molecule has 0 spiro atoms. The average Bonchev–Trinajstić information content (AvgIpc) is 2.42. The minimum absolute atomic E-state index is 0.584. The molecular weight excluding hydrogens is 314 g/mol. The quantitative estimate of drug-likeness (QED) is 0.605. The molecule has 10 heteroatoms. The standard InChI is InChI=1S/C12H13N3O6S/c1-8(2)14(7-12(16)17)22(20,21)11-5-3-4-10(15(18)19)9(11)6-13/h3-5,8H,7H2,1-2H3,(H,16,17). The molecule has 0 unspecified atom stereocenters. The lowest BCUT2D eigenvalue weighted by Gasteiger charge is -2.24. The van der Waals surface area contributed by atoms with Gasteiger partial charge in [-0.15, -0.1) is 0 Å². The zero-order chi connectivity index (χ0) is 17.1. The molecule has 0 aliphatic carbocycles. The average molecular weight is 327 g/mol. The molecule has 0 aliphatic rings. The lowest BCUT2D eigenvalue weighted by molar-refractivity contribution is -0.385. The molecule has 0 radical (unpaired) electrons. The SMILES string of the molecule is CC(C)N(CC(=O)O)S(=O)(=O)c1cccc([N+](=O)[O-])c1C#N. The summed E-state index contributed by atoms with van der Waals surface area (Å²) in [6.07, 6.45) is 0. The Balaban J connectivity index is 3.58. The molecule has 0 amide bonds. The maximum absolute atomic E-state index is 12.6. The number of nitro groups is 1. The summed E-state index contributed by atoms with van der Waals surface area (Å²) in [5.41, 5.74) is -1.27. The van der Waals surface area contributed by atoms with E-state index in [0.717, 1.165) is 18.2 Å². The third-order valence-electron chi connectivity index (χ3n) is 2.77. The Labute approximate surface area is 126 Å². The van der Waals surface area contributed by atoms with Crippen molar-refractivity contribution in [3.63, 3.8) is 0 Å². The number of hydrogen-bond donors (Lipinski definition) is 1. The van der Waals surface area contributed by atoms with E-state index in [1.54, 1.807) is 0 Å². The molecule has 118 valence electrons. The van der Waals surface area contributed by atoms with Crippen LogP contribution in [0.1, 0.15) is 19.4 Å². The van der Waals surface area contributed by atoms with Gasteiger partial charge in [-0.2, -0.15) is 9.57 Å². The van der Waals surface area contributed by atoms with Gasteiger partial charge in [0.1, 0.15) is 23.1 Å². The van der Waals surface area contributed by atoms with Crippen molar-refractivity contribution in [2.24, 2.45) is 0 Å². The van der Waals surface area contributed by atoms with Crippen molar-refractivity contribution in [2.45, 2.75) is 24.8 Å². The van der Waals surface area contributed by atoms with Crippen LogP contribution >= 0.6 is 0 Å². The van der Waals surface area contributed by atoms with E-state index in [4.69, 9.17) is 10.4 Å². The smallest absolute Gasteiger partial charge is 0.318 e. The Bertz CT molecular complexity index is 751. The van der Waals surface area contributed by atoms with E-state index in [1.165, 1.54) is 19.9 Å². The first-order valence-electron chi connectivity index (χ1n) is 6.04. The number of carboxylic acids is 1. The van der Waals surface area contributed by atoms with Gasteiger partial charge in [-0.3, -0.25) is 14.9 Å². The van der Waals surface area contributed by atoms with Gasteiger partial charge in [0.05, 0.1) is 4.92 Å². The van der Waals surface area contributed by atoms with E-state index in [1.807, 2.05) is 0 Å². The summed E-state index contributed by atoms with van der Waals surface area (Å²) < 4.78 is 25.8. The van der Waals surface area contributed by atoms with Gasteiger partial charge in [-0.1, -0.05) is 6.07 Å². The van der Waals surface area contributed by atoms with Gasteiger partial charge in [0.25, 0.3) is 5.69 Å². The summed E-state index contributed by atoms with van der Waals surface area (Å²) in [5, 5.41) is 28.8. The third-order valence-corrected chi connectivity index (χ3v) is 4.83. The minimum Gasteiger partial charge on any atom is -0.480 e. The highest BCUT2D eigenvalue weighted by Crippen LogP contribution is 2.28. The molecule has 0 atom stereocenters. The Hall–Kier alpha value is -2.51. The van der Waals surface area contributed by atoms with E-state index >= 15 is 0 Å². The molecule has 0 aliphatic heterocycles. The van der Waals surface area contributed by atoms with Gasteiger partial charge in [0.15, 0.2) is 0 Å². The van der Waals surface area contributed by atoms with Crippen molar-refractivity contribution >= 4 is 21.7 Å². The van der Waals surface area contributed by atoms with Crippen LogP contribution < -0.4 is 0 Å². The number of rotatable bonds is 6. The third kappa shape index (κ3) is 3.38. The van der Waals surface area contributed by atoms with E-state index < -0.39 is 49.6 Å². The first-order chi connectivity index (χ1) is 10.1. The lowest BCUT2D eigenvalue weighted by atomic mass is 10.2. The second-order valence-corrected chi connectivity index (χ2v) is 6.42. The van der Waals surface area contributed by atoms with Gasteiger partial charge in [0, 0.05) is 12.1 Å². The highest BCUT2D eigenvalue weighted by atomic mass is 32.2. The molecule has 0 fully saturated rings. The van der Waals surface area contributed by atoms with Gasteiger partial charge in [0.2, 0.25) is 10.0 Å². The van der Waals surface area contributed by atoms with Crippen LogP contribution in [0.25, 0.3) is 0 Å². The molecule has 9 nitrogen and oxygen atoms in total. The Morgan fingerprint density at radius 3 is 2.50 bits per heavy atom. The van der Waals surface area contributed by atoms with E-state index in [-0.39, 0.29) is 0 Å². The summed E-state index contributed by atoms with van der Waals surface area (Å²) in [7, 11) is -4.37. The molecule has 0 bridgehead atoms. The van der Waals surface area contributed by atoms with Crippen molar-refractivity contribution in [1.82, 2.24) is 4.31 Å². The fourth-order valence-corrected chi connectivity index (χ4v) is 3.55. The second kappa shape index (κ2) is 6.50. The maximum Gasteiger partial charge on any atom is 0.318 e. The predicted octanol–water partition coefficient (Wildman–Crippen LogP) is 0.950. The van der Waals surface area contributed by atoms with Crippen LogP contribution in [-0.2, 0) is 14.8 Å². The largest absolute Gasteiger partial charge is 0.480 e. The van der Waals surface area contributed by atoms with Crippen molar-refractivity contribution in [3.8, 4) is 6.07 Å². The fraction of sp³-hybridized carbons (Fsp3) is 0.333. The van der Waals surface area contributed by atoms with Crippen LogP contribution in [0.4, 0.5) is 5.69 Å². The van der Waals surface area contributed by atoms with Crippen molar-refractivity contribution in [1.29, 1.82) is 5.26 Å². The Morgan fingerprint density at radius 1 is 1.50 bits per heavy atom. The molecular formula is C12H13N3O6S. The summed E-state index contributed by atoms with van der Waals surface area (Å²) in [6.45, 7) is 2.11. The number of benzene rings is 1. The Morgan fingerprint density at radius 2 is 2.09 bits per heavy atom. The number of hydrogen-bond acceptors (Lipinski definition) is 6. The molecule has 0 saturated carbocycles. The molecule has 0 aromatic heterocycles. The highest BCUT2D eigenvalue weighted by molar-refractivity contribution is 7.89. The van der Waals surface area contributed by atoms with E-state index in [0.29, 0.717) is 4.31 Å². The molecule has 1 rings (SSSR count). The van der Waals surface area contributed by atoms with Gasteiger partial charge < -0.3 is 5.11 Å². The molecule has 1 N–H and O–H groups in total. The van der Waals surface area contributed by atoms with Gasteiger partial charge in [-0.25, -0.2) is 8.42 Å². The van der Waals surface area contributed by atoms with E-state index in [9.17, 15) is 23.3 Å². The zero-order valence-electron chi connectivity index (χ0n) is 11.8. The fourth-order valence-electron chi connectivity index (χ4n) is 1.80. The topological polar surface area (TPSA) is 142 Å². The number of aliphatic carboxylic acids is 1. The maximum atomic E-state index is 12.6.